The lowest BCUT2D eigenvalue weighted by Gasteiger charge is -2.27. The molecule has 27 heavy (non-hydrogen) atoms. The molecule has 0 radical (unpaired) electrons. The van der Waals surface area contributed by atoms with Gasteiger partial charge in [0.25, 0.3) is 5.91 Å². The number of nitrogens with zero attached hydrogens (tertiary/aromatic N) is 1. The second-order valence-corrected chi connectivity index (χ2v) is 9.91. The fourth-order valence-electron chi connectivity index (χ4n) is 3.29. The molecule has 1 saturated heterocycles. The van der Waals surface area contributed by atoms with Gasteiger partial charge in [0.1, 0.15) is 11.5 Å². The number of hydrogen-bond acceptors (Lipinski definition) is 5. The Labute approximate surface area is 167 Å². The van der Waals surface area contributed by atoms with E-state index in [1.807, 2.05) is 32.0 Å². The minimum Gasteiger partial charge on any atom is -0.484 e. The molecule has 2 aromatic rings. The number of halogens is 1. The van der Waals surface area contributed by atoms with Crippen molar-refractivity contribution in [3.63, 3.8) is 0 Å². The van der Waals surface area contributed by atoms with Crippen molar-refractivity contribution in [2.24, 2.45) is 0 Å². The van der Waals surface area contributed by atoms with Gasteiger partial charge in [-0.25, -0.2) is 8.42 Å². The van der Waals surface area contributed by atoms with Gasteiger partial charge < -0.3 is 14.1 Å². The number of rotatable bonds is 6. The van der Waals surface area contributed by atoms with Crippen LogP contribution in [0.4, 0.5) is 0 Å². The Morgan fingerprint density at radius 1 is 1.26 bits per heavy atom. The first-order chi connectivity index (χ1) is 12.7. The molecule has 3 rings (SSSR count). The highest BCUT2D eigenvalue weighted by molar-refractivity contribution is 9.10. The fraction of sp³-hybridized carbons (Fsp3) is 0.421. The first-order valence-corrected chi connectivity index (χ1v) is 11.3. The summed E-state index contributed by atoms with van der Waals surface area (Å²) in [5.41, 5.74) is 2.10. The van der Waals surface area contributed by atoms with E-state index >= 15 is 0 Å². The summed E-state index contributed by atoms with van der Waals surface area (Å²) in [6.07, 6.45) is 0.430. The molecule has 1 atom stereocenters. The number of amides is 1. The molecular formula is C19H22BrNO5S. The number of furan rings is 1. The molecule has 0 bridgehead atoms. The average Bonchev–Trinajstić information content (AvgIpc) is 3.14. The Morgan fingerprint density at radius 2 is 1.96 bits per heavy atom. The van der Waals surface area contributed by atoms with Gasteiger partial charge >= 0.3 is 0 Å². The predicted molar refractivity (Wildman–Crippen MR) is 105 cm³/mol. The monoisotopic (exact) mass is 455 g/mol. The molecule has 1 fully saturated rings. The Bertz CT molecular complexity index is 917. The first-order valence-electron chi connectivity index (χ1n) is 8.67. The number of carbonyl (C=O) groups excluding carboxylic acids is 1. The first kappa shape index (κ1) is 19.9. The standard InChI is InChI=1S/C19H22BrNO5S/c1-13-7-14(2)9-17(8-13)25-11-19(22)21(10-16-3-4-18(20)26-16)15-5-6-27(23,24)12-15/h3-4,7-9,15H,5-6,10-12H2,1-2H3/t15-/m0/s1. The van der Waals surface area contributed by atoms with E-state index in [4.69, 9.17) is 9.15 Å². The van der Waals surface area contributed by atoms with Gasteiger partial charge in [0.15, 0.2) is 21.1 Å². The summed E-state index contributed by atoms with van der Waals surface area (Å²) in [7, 11) is -3.11. The molecule has 0 saturated carbocycles. The van der Waals surface area contributed by atoms with E-state index in [1.165, 1.54) is 0 Å². The molecule has 6 nitrogen and oxygen atoms in total. The molecule has 1 aliphatic heterocycles. The van der Waals surface area contributed by atoms with Crippen LogP contribution in [-0.4, -0.2) is 43.4 Å². The third kappa shape index (κ3) is 5.35. The van der Waals surface area contributed by atoms with Crippen molar-refractivity contribution in [1.82, 2.24) is 4.90 Å². The van der Waals surface area contributed by atoms with Crippen LogP contribution in [0.2, 0.25) is 0 Å². The van der Waals surface area contributed by atoms with Crippen LogP contribution in [0.5, 0.6) is 5.75 Å². The van der Waals surface area contributed by atoms with E-state index in [1.54, 1.807) is 17.0 Å². The Morgan fingerprint density at radius 3 is 2.52 bits per heavy atom. The van der Waals surface area contributed by atoms with Crippen LogP contribution in [0.3, 0.4) is 0 Å². The van der Waals surface area contributed by atoms with Gasteiger partial charge in [0, 0.05) is 6.04 Å². The Balaban J connectivity index is 1.73. The molecule has 0 spiro atoms. The molecule has 0 aliphatic carbocycles. The third-order valence-corrected chi connectivity index (χ3v) is 6.66. The molecule has 1 aliphatic rings. The summed E-state index contributed by atoms with van der Waals surface area (Å²) in [5.74, 6) is 1.03. The molecular weight excluding hydrogens is 434 g/mol. The van der Waals surface area contributed by atoms with Crippen LogP contribution < -0.4 is 4.74 Å². The number of hydrogen-bond donors (Lipinski definition) is 0. The highest BCUT2D eigenvalue weighted by Crippen LogP contribution is 2.23. The van der Waals surface area contributed by atoms with Crippen LogP contribution >= 0.6 is 15.9 Å². The van der Waals surface area contributed by atoms with Crippen molar-refractivity contribution in [3.8, 4) is 5.75 Å². The lowest BCUT2D eigenvalue weighted by Crippen LogP contribution is -2.43. The number of ether oxygens (including phenoxy) is 1. The van der Waals surface area contributed by atoms with Crippen molar-refractivity contribution < 1.29 is 22.4 Å². The maximum atomic E-state index is 12.8. The van der Waals surface area contributed by atoms with E-state index in [-0.39, 0.29) is 36.6 Å². The summed E-state index contributed by atoms with van der Waals surface area (Å²) >= 11 is 3.24. The van der Waals surface area contributed by atoms with Gasteiger partial charge in [0.2, 0.25) is 0 Å². The van der Waals surface area contributed by atoms with Gasteiger partial charge in [0.05, 0.1) is 18.1 Å². The number of aryl methyl sites for hydroxylation is 2. The zero-order valence-electron chi connectivity index (χ0n) is 15.3. The molecule has 0 N–H and O–H groups in total. The second kappa shape index (κ2) is 8.06. The predicted octanol–water partition coefficient (Wildman–Crippen LogP) is 3.25. The molecule has 2 heterocycles. The smallest absolute Gasteiger partial charge is 0.261 e. The van der Waals surface area contributed by atoms with E-state index in [0.29, 0.717) is 22.6 Å². The van der Waals surface area contributed by atoms with Crippen LogP contribution in [0.15, 0.2) is 39.4 Å². The normalized spacial score (nSPS) is 18.4. The largest absolute Gasteiger partial charge is 0.484 e. The number of carbonyl (C=O) groups is 1. The fourth-order valence-corrected chi connectivity index (χ4v) is 5.36. The van der Waals surface area contributed by atoms with Crippen LogP contribution in [0, 0.1) is 13.8 Å². The zero-order chi connectivity index (χ0) is 19.6. The minimum atomic E-state index is -3.11. The number of sulfone groups is 1. The van der Waals surface area contributed by atoms with E-state index in [2.05, 4.69) is 15.9 Å². The summed E-state index contributed by atoms with van der Waals surface area (Å²) in [5, 5.41) is 0. The van der Waals surface area contributed by atoms with Crippen LogP contribution in [-0.2, 0) is 21.2 Å². The van der Waals surface area contributed by atoms with Gasteiger partial charge in [-0.1, -0.05) is 6.07 Å². The molecule has 146 valence electrons. The van der Waals surface area contributed by atoms with Crippen LogP contribution in [0.25, 0.3) is 0 Å². The number of benzene rings is 1. The zero-order valence-corrected chi connectivity index (χ0v) is 17.7. The molecule has 1 amide bonds. The van der Waals surface area contributed by atoms with Crippen LogP contribution in [0.1, 0.15) is 23.3 Å². The highest BCUT2D eigenvalue weighted by atomic mass is 79.9. The third-order valence-electron chi connectivity index (χ3n) is 4.48. The van der Waals surface area contributed by atoms with Gasteiger partial charge in [-0.2, -0.15) is 0 Å². The summed E-state index contributed by atoms with van der Waals surface area (Å²) in [6, 6.07) is 8.91. The Kier molecular flexibility index (Phi) is 5.95. The topological polar surface area (TPSA) is 76.8 Å². The summed E-state index contributed by atoms with van der Waals surface area (Å²) in [6.45, 7) is 3.99. The van der Waals surface area contributed by atoms with Crippen molar-refractivity contribution >= 4 is 31.7 Å². The molecule has 8 heteroatoms. The Hall–Kier alpha value is -1.80. The second-order valence-electron chi connectivity index (χ2n) is 6.90. The summed E-state index contributed by atoms with van der Waals surface area (Å²) in [4.78, 5) is 14.4. The molecule has 0 unspecified atom stereocenters. The lowest BCUT2D eigenvalue weighted by molar-refractivity contribution is -0.136. The van der Waals surface area contributed by atoms with Crippen molar-refractivity contribution in [2.75, 3.05) is 18.1 Å². The molecule has 1 aromatic heterocycles. The van der Waals surface area contributed by atoms with E-state index < -0.39 is 9.84 Å². The minimum absolute atomic E-state index is 0.0236. The quantitative estimate of drug-likeness (QED) is 0.667. The van der Waals surface area contributed by atoms with Gasteiger partial charge in [-0.3, -0.25) is 4.79 Å². The van der Waals surface area contributed by atoms with Crippen molar-refractivity contribution in [3.05, 3.63) is 51.9 Å². The van der Waals surface area contributed by atoms with E-state index in [0.717, 1.165) is 11.1 Å². The maximum Gasteiger partial charge on any atom is 0.261 e. The van der Waals surface area contributed by atoms with Crippen molar-refractivity contribution in [2.45, 2.75) is 32.9 Å². The van der Waals surface area contributed by atoms with Crippen molar-refractivity contribution in [1.29, 1.82) is 0 Å². The van der Waals surface area contributed by atoms with E-state index in [9.17, 15) is 13.2 Å². The summed E-state index contributed by atoms with van der Waals surface area (Å²) < 4.78 is 35.5. The van der Waals surface area contributed by atoms with Gasteiger partial charge in [-0.05, 0) is 71.6 Å². The van der Waals surface area contributed by atoms with Gasteiger partial charge in [-0.15, -0.1) is 0 Å². The maximum absolute atomic E-state index is 12.8. The molecule has 1 aromatic carbocycles. The SMILES string of the molecule is Cc1cc(C)cc(OCC(=O)N(Cc2ccc(Br)o2)[C@H]2CCS(=O)(=O)C2)c1. The highest BCUT2D eigenvalue weighted by Gasteiger charge is 2.35. The average molecular weight is 456 g/mol. The lowest BCUT2D eigenvalue weighted by atomic mass is 10.1.